The number of piperidine rings is 1. The van der Waals surface area contributed by atoms with Crippen LogP contribution in [0.25, 0.3) is 0 Å². The van der Waals surface area contributed by atoms with Crippen LogP contribution in [-0.2, 0) is 14.3 Å². The maximum absolute atomic E-state index is 14.3. The molecular weight excluding hydrogens is 322 g/mol. The molecule has 0 aromatic rings. The largest absolute Gasteiger partial charge is 0.383 e. The third-order valence-corrected chi connectivity index (χ3v) is 5.83. The van der Waals surface area contributed by atoms with Crippen molar-refractivity contribution in [2.45, 2.75) is 56.2 Å². The number of carbonyl (C=O) groups excluding carboxylic acids is 2. The summed E-state index contributed by atoms with van der Waals surface area (Å²) in [4.78, 5) is 24.8. The van der Waals surface area contributed by atoms with Gasteiger partial charge in [-0.3, -0.25) is 9.59 Å². The van der Waals surface area contributed by atoms with Crippen molar-refractivity contribution >= 4 is 11.8 Å². The second-order valence-electron chi connectivity index (χ2n) is 7.22. The Labute approximate surface area is 139 Å². The quantitative estimate of drug-likeness (QED) is 0.782. The number of ether oxygens (including phenoxy) is 1. The summed E-state index contributed by atoms with van der Waals surface area (Å²) in [6.45, 7) is 0.837. The molecule has 136 valence electrons. The van der Waals surface area contributed by atoms with Crippen LogP contribution in [0.1, 0.15) is 38.5 Å². The first-order valence-electron chi connectivity index (χ1n) is 8.57. The Morgan fingerprint density at radius 1 is 1.21 bits per heavy atom. The molecule has 0 aromatic carbocycles. The van der Waals surface area contributed by atoms with E-state index in [-0.39, 0.29) is 43.9 Å². The molecule has 2 aliphatic heterocycles. The summed E-state index contributed by atoms with van der Waals surface area (Å²) < 4.78 is 34.2. The summed E-state index contributed by atoms with van der Waals surface area (Å²) >= 11 is 0. The number of nitrogens with two attached hydrogens (primary N) is 1. The molecule has 0 spiro atoms. The van der Waals surface area contributed by atoms with Gasteiger partial charge in [-0.25, -0.2) is 0 Å². The van der Waals surface area contributed by atoms with Crippen LogP contribution >= 0.6 is 0 Å². The Hall–Kier alpha value is -1.28. The van der Waals surface area contributed by atoms with Gasteiger partial charge in [0, 0.05) is 19.7 Å². The Balaban J connectivity index is 1.59. The van der Waals surface area contributed by atoms with E-state index in [9.17, 15) is 23.5 Å². The number of carbonyl (C=O) groups is 2. The molecule has 24 heavy (non-hydrogen) atoms. The summed E-state index contributed by atoms with van der Waals surface area (Å²) in [5.74, 6) is -5.72. The third-order valence-electron chi connectivity index (χ3n) is 5.83. The lowest BCUT2D eigenvalue weighted by Gasteiger charge is -2.44. The highest BCUT2D eigenvalue weighted by Crippen LogP contribution is 2.45. The maximum Gasteiger partial charge on any atom is 0.352 e. The van der Waals surface area contributed by atoms with Gasteiger partial charge < -0.3 is 20.5 Å². The lowest BCUT2D eigenvalue weighted by Crippen LogP contribution is -2.62. The predicted molar refractivity (Wildman–Crippen MR) is 80.1 cm³/mol. The average molecular weight is 346 g/mol. The van der Waals surface area contributed by atoms with Gasteiger partial charge in [0.2, 0.25) is 5.91 Å². The van der Waals surface area contributed by atoms with Crippen molar-refractivity contribution in [2.75, 3.05) is 19.7 Å². The third kappa shape index (κ3) is 2.79. The van der Waals surface area contributed by atoms with Crippen molar-refractivity contribution in [3.8, 4) is 0 Å². The minimum atomic E-state index is -3.74. The highest BCUT2D eigenvalue weighted by molar-refractivity contribution is 5.85. The maximum atomic E-state index is 14.3. The Bertz CT molecular complexity index is 516. The monoisotopic (exact) mass is 346 g/mol. The van der Waals surface area contributed by atoms with Gasteiger partial charge in [-0.05, 0) is 44.4 Å². The number of hydrogen-bond acceptors (Lipinski definition) is 4. The zero-order valence-electron chi connectivity index (χ0n) is 13.5. The van der Waals surface area contributed by atoms with E-state index < -0.39 is 23.3 Å². The summed E-state index contributed by atoms with van der Waals surface area (Å²) in [5.41, 5.74) is 3.20. The molecule has 3 rings (SSSR count). The number of likely N-dealkylation sites (tertiary alicyclic amines) is 1. The molecule has 2 amide bonds. The van der Waals surface area contributed by atoms with Gasteiger partial charge in [-0.1, -0.05) is 0 Å². The van der Waals surface area contributed by atoms with E-state index in [2.05, 4.69) is 0 Å². The summed E-state index contributed by atoms with van der Waals surface area (Å²) in [5, 5.41) is 9.89. The molecule has 1 aliphatic carbocycles. The molecule has 0 radical (unpaired) electrons. The number of aliphatic hydroxyl groups is 1. The van der Waals surface area contributed by atoms with Gasteiger partial charge >= 0.3 is 5.92 Å². The molecule has 6 nitrogen and oxygen atoms in total. The first kappa shape index (κ1) is 17.5. The molecule has 2 saturated heterocycles. The molecule has 0 bridgehead atoms. The highest BCUT2D eigenvalue weighted by Gasteiger charge is 2.62. The molecule has 2 heterocycles. The molecule has 0 aromatic heterocycles. The fourth-order valence-corrected chi connectivity index (χ4v) is 4.03. The molecule has 3 aliphatic rings. The second-order valence-corrected chi connectivity index (χ2v) is 7.22. The lowest BCUT2D eigenvalue weighted by molar-refractivity contribution is -0.224. The van der Waals surface area contributed by atoms with E-state index >= 15 is 0 Å². The summed E-state index contributed by atoms with van der Waals surface area (Å²) in [6, 6.07) is 0. The minimum Gasteiger partial charge on any atom is -0.383 e. The number of nitrogens with zero attached hydrogens (tertiary/aromatic N) is 1. The fraction of sp³-hybridized carbons (Fsp3) is 0.875. The minimum absolute atomic E-state index is 0.0365. The Morgan fingerprint density at radius 3 is 2.33 bits per heavy atom. The number of halogens is 2. The summed E-state index contributed by atoms with van der Waals surface area (Å²) in [7, 11) is 0. The number of primary amides is 1. The van der Waals surface area contributed by atoms with Crippen LogP contribution in [0.2, 0.25) is 0 Å². The highest BCUT2D eigenvalue weighted by atomic mass is 19.3. The van der Waals surface area contributed by atoms with Crippen molar-refractivity contribution in [3.63, 3.8) is 0 Å². The van der Waals surface area contributed by atoms with E-state index in [1.54, 1.807) is 0 Å². The van der Waals surface area contributed by atoms with Crippen LogP contribution in [0.4, 0.5) is 8.78 Å². The Kier molecular flexibility index (Phi) is 4.55. The van der Waals surface area contributed by atoms with Gasteiger partial charge in [0.15, 0.2) is 0 Å². The SMILES string of the molecule is NC(=O)[C@H]1CCO[C@@H]1C1CCN(C(=O)C(F)(F)C2(O)CCC2)CC1. The van der Waals surface area contributed by atoms with E-state index in [1.807, 2.05) is 0 Å². The number of hydrogen-bond donors (Lipinski definition) is 2. The van der Waals surface area contributed by atoms with Crippen LogP contribution in [0, 0.1) is 11.8 Å². The molecular formula is C16H24F2N2O4. The van der Waals surface area contributed by atoms with Crippen molar-refractivity contribution < 1.29 is 28.2 Å². The molecule has 8 heteroatoms. The smallest absolute Gasteiger partial charge is 0.352 e. The van der Waals surface area contributed by atoms with Gasteiger partial charge in [0.25, 0.3) is 5.91 Å². The van der Waals surface area contributed by atoms with Gasteiger partial charge in [0.1, 0.15) is 5.60 Å². The van der Waals surface area contributed by atoms with Gasteiger partial charge in [0.05, 0.1) is 12.0 Å². The molecule has 3 N–H and O–H groups in total. The van der Waals surface area contributed by atoms with Crippen molar-refractivity contribution in [1.82, 2.24) is 4.90 Å². The normalized spacial score (nSPS) is 30.9. The first-order valence-corrected chi connectivity index (χ1v) is 8.57. The van der Waals surface area contributed by atoms with E-state index in [0.29, 0.717) is 32.3 Å². The standard InChI is InChI=1S/C16H24F2N2O4/c17-16(18,15(23)5-1-6-15)14(22)20-7-2-10(3-8-20)12-11(13(19)21)4-9-24-12/h10-12,23H,1-9H2,(H2,19,21)/t11-,12+/m0/s1. The van der Waals surface area contributed by atoms with Crippen molar-refractivity contribution in [1.29, 1.82) is 0 Å². The first-order chi connectivity index (χ1) is 11.3. The van der Waals surface area contributed by atoms with E-state index in [0.717, 1.165) is 4.90 Å². The topological polar surface area (TPSA) is 92.9 Å². The molecule has 3 fully saturated rings. The predicted octanol–water partition coefficient (Wildman–Crippen LogP) is 0.666. The summed E-state index contributed by atoms with van der Waals surface area (Å²) in [6.07, 6.45) is 1.72. The van der Waals surface area contributed by atoms with Crippen molar-refractivity contribution in [2.24, 2.45) is 17.6 Å². The van der Waals surface area contributed by atoms with Crippen LogP contribution in [-0.4, -0.2) is 59.1 Å². The van der Waals surface area contributed by atoms with Gasteiger partial charge in [-0.2, -0.15) is 8.78 Å². The zero-order valence-corrected chi connectivity index (χ0v) is 13.5. The van der Waals surface area contributed by atoms with E-state index in [4.69, 9.17) is 10.5 Å². The Morgan fingerprint density at radius 2 is 1.83 bits per heavy atom. The number of amides is 2. The zero-order chi connectivity index (χ0) is 17.5. The van der Waals surface area contributed by atoms with E-state index in [1.165, 1.54) is 0 Å². The number of alkyl halides is 2. The lowest BCUT2D eigenvalue weighted by atomic mass is 9.74. The van der Waals surface area contributed by atoms with Gasteiger partial charge in [-0.15, -0.1) is 0 Å². The van der Waals surface area contributed by atoms with Crippen molar-refractivity contribution in [3.05, 3.63) is 0 Å². The molecule has 0 unspecified atom stereocenters. The van der Waals surface area contributed by atoms with Crippen LogP contribution in [0.3, 0.4) is 0 Å². The fourth-order valence-electron chi connectivity index (χ4n) is 4.03. The molecule has 2 atom stereocenters. The van der Waals surface area contributed by atoms with Crippen LogP contribution < -0.4 is 5.73 Å². The second kappa shape index (κ2) is 6.22. The van der Waals surface area contributed by atoms with Crippen LogP contribution in [0.5, 0.6) is 0 Å². The average Bonchev–Trinajstić information content (AvgIpc) is 3.01. The van der Waals surface area contributed by atoms with Crippen LogP contribution in [0.15, 0.2) is 0 Å². The number of rotatable bonds is 4. The molecule has 1 saturated carbocycles.